The number of anilines is 3. The molecule has 4 rings (SSSR count). The molecule has 0 saturated heterocycles. The number of hydrogen-bond acceptors (Lipinski definition) is 5. The van der Waals surface area contributed by atoms with Crippen LogP contribution in [-0.2, 0) is 6.54 Å². The lowest BCUT2D eigenvalue weighted by atomic mass is 10.1. The fraction of sp³-hybridized carbons (Fsp3) is 0.125. The van der Waals surface area contributed by atoms with Crippen LogP contribution in [0.1, 0.15) is 16.7 Å². The molecule has 0 saturated carbocycles. The van der Waals surface area contributed by atoms with Crippen molar-refractivity contribution in [3.8, 4) is 11.3 Å². The van der Waals surface area contributed by atoms with E-state index in [-0.39, 0.29) is 0 Å². The summed E-state index contributed by atoms with van der Waals surface area (Å²) in [6.07, 6.45) is 3.57. The van der Waals surface area contributed by atoms with Gasteiger partial charge in [0.2, 0.25) is 5.95 Å². The van der Waals surface area contributed by atoms with E-state index in [2.05, 4.69) is 64.8 Å². The largest absolute Gasteiger partial charge is 0.350 e. The highest BCUT2D eigenvalue weighted by molar-refractivity contribution is 5.67. The van der Waals surface area contributed by atoms with Crippen LogP contribution < -0.4 is 10.6 Å². The van der Waals surface area contributed by atoms with Gasteiger partial charge < -0.3 is 10.6 Å². The van der Waals surface area contributed by atoms with E-state index in [1.807, 2.05) is 36.4 Å². The van der Waals surface area contributed by atoms with Crippen molar-refractivity contribution < 1.29 is 0 Å². The summed E-state index contributed by atoms with van der Waals surface area (Å²) in [5.41, 5.74) is 6.47. The van der Waals surface area contributed by atoms with Gasteiger partial charge in [-0.25, -0.2) is 4.98 Å². The van der Waals surface area contributed by atoms with E-state index in [0.717, 1.165) is 28.3 Å². The van der Waals surface area contributed by atoms with Crippen molar-refractivity contribution in [2.24, 2.45) is 0 Å². The van der Waals surface area contributed by atoms with E-state index in [9.17, 15) is 0 Å². The van der Waals surface area contributed by atoms with Crippen LogP contribution in [0.4, 0.5) is 17.5 Å². The molecule has 2 aromatic heterocycles. The summed E-state index contributed by atoms with van der Waals surface area (Å²) < 4.78 is 0. The Hall–Kier alpha value is -3.73. The van der Waals surface area contributed by atoms with Gasteiger partial charge in [-0.15, -0.1) is 0 Å². The average molecular weight is 381 g/mol. The van der Waals surface area contributed by atoms with Crippen LogP contribution in [0.25, 0.3) is 11.3 Å². The van der Waals surface area contributed by atoms with E-state index < -0.39 is 0 Å². The summed E-state index contributed by atoms with van der Waals surface area (Å²) in [6.45, 7) is 4.81. The molecule has 0 amide bonds. The number of rotatable bonds is 6. The minimum atomic E-state index is 0.579. The van der Waals surface area contributed by atoms with Crippen LogP contribution in [-0.4, -0.2) is 15.0 Å². The van der Waals surface area contributed by atoms with Gasteiger partial charge in [0.25, 0.3) is 0 Å². The van der Waals surface area contributed by atoms with Crippen molar-refractivity contribution in [2.75, 3.05) is 10.6 Å². The molecular formula is C24H23N5. The number of benzene rings is 2. The van der Waals surface area contributed by atoms with E-state index in [0.29, 0.717) is 12.5 Å². The molecule has 0 radical (unpaired) electrons. The lowest BCUT2D eigenvalue weighted by molar-refractivity contribution is 1.05. The standard InChI is InChI=1S/C24H23N5/c1-17-12-18(2)14-21(13-17)27-23-15-22(20-6-4-3-5-7-20)28-24(29-23)26-16-19-8-10-25-11-9-19/h3-15H,16H2,1-2H3,(H2,26,27,28,29). The summed E-state index contributed by atoms with van der Waals surface area (Å²) in [5.74, 6) is 1.33. The molecule has 0 aliphatic heterocycles. The van der Waals surface area contributed by atoms with E-state index >= 15 is 0 Å². The van der Waals surface area contributed by atoms with Crippen molar-refractivity contribution in [1.29, 1.82) is 0 Å². The Balaban J connectivity index is 1.65. The highest BCUT2D eigenvalue weighted by atomic mass is 15.1. The minimum absolute atomic E-state index is 0.579. The molecule has 2 aromatic carbocycles. The Morgan fingerprint density at radius 1 is 0.793 bits per heavy atom. The van der Waals surface area contributed by atoms with Gasteiger partial charge >= 0.3 is 0 Å². The molecule has 29 heavy (non-hydrogen) atoms. The van der Waals surface area contributed by atoms with Crippen molar-refractivity contribution in [2.45, 2.75) is 20.4 Å². The molecule has 0 aliphatic rings. The second-order valence-corrected chi connectivity index (χ2v) is 7.04. The molecule has 5 heteroatoms. The third-order valence-corrected chi connectivity index (χ3v) is 4.49. The Kier molecular flexibility index (Phi) is 5.47. The van der Waals surface area contributed by atoms with Gasteiger partial charge in [-0.2, -0.15) is 4.98 Å². The number of aryl methyl sites for hydroxylation is 2. The molecule has 0 fully saturated rings. The molecule has 0 atom stereocenters. The van der Waals surface area contributed by atoms with Gasteiger partial charge in [0, 0.05) is 36.3 Å². The third-order valence-electron chi connectivity index (χ3n) is 4.49. The van der Waals surface area contributed by atoms with Gasteiger partial charge in [-0.05, 0) is 54.8 Å². The Morgan fingerprint density at radius 2 is 1.52 bits per heavy atom. The zero-order chi connectivity index (χ0) is 20.1. The van der Waals surface area contributed by atoms with Gasteiger partial charge in [-0.3, -0.25) is 4.98 Å². The summed E-state index contributed by atoms with van der Waals surface area (Å²) in [4.78, 5) is 13.5. The second-order valence-electron chi connectivity index (χ2n) is 7.04. The summed E-state index contributed by atoms with van der Waals surface area (Å²) >= 11 is 0. The quantitative estimate of drug-likeness (QED) is 0.461. The molecule has 4 aromatic rings. The predicted molar refractivity (Wildman–Crippen MR) is 118 cm³/mol. The lowest BCUT2D eigenvalue weighted by Crippen LogP contribution is -2.06. The molecule has 0 bridgehead atoms. The monoisotopic (exact) mass is 381 g/mol. The highest BCUT2D eigenvalue weighted by Crippen LogP contribution is 2.24. The first-order chi connectivity index (χ1) is 14.2. The van der Waals surface area contributed by atoms with Crippen LogP contribution in [0.15, 0.2) is 79.1 Å². The molecule has 2 heterocycles. The minimum Gasteiger partial charge on any atom is -0.350 e. The fourth-order valence-electron chi connectivity index (χ4n) is 3.22. The average Bonchev–Trinajstić information content (AvgIpc) is 2.73. The first-order valence-electron chi connectivity index (χ1n) is 9.58. The topological polar surface area (TPSA) is 62.7 Å². The van der Waals surface area contributed by atoms with Gasteiger partial charge in [0.05, 0.1) is 5.69 Å². The van der Waals surface area contributed by atoms with Gasteiger partial charge in [-0.1, -0.05) is 36.4 Å². The van der Waals surface area contributed by atoms with E-state index in [1.165, 1.54) is 11.1 Å². The normalized spacial score (nSPS) is 10.6. The summed E-state index contributed by atoms with van der Waals surface area (Å²) in [7, 11) is 0. The van der Waals surface area contributed by atoms with E-state index in [1.54, 1.807) is 12.4 Å². The predicted octanol–water partition coefficient (Wildman–Crippen LogP) is 5.51. The lowest BCUT2D eigenvalue weighted by Gasteiger charge is -2.12. The van der Waals surface area contributed by atoms with E-state index in [4.69, 9.17) is 4.98 Å². The third kappa shape index (κ3) is 4.96. The number of aromatic nitrogens is 3. The Bertz CT molecular complexity index is 1070. The maximum atomic E-state index is 4.72. The van der Waals surface area contributed by atoms with Gasteiger partial charge in [0.1, 0.15) is 5.82 Å². The second kappa shape index (κ2) is 8.52. The number of hydrogen-bond donors (Lipinski definition) is 2. The summed E-state index contributed by atoms with van der Waals surface area (Å²) in [6, 6.07) is 22.4. The maximum Gasteiger partial charge on any atom is 0.225 e. The van der Waals surface area contributed by atoms with Crippen LogP contribution in [0.5, 0.6) is 0 Å². The summed E-state index contributed by atoms with van der Waals surface area (Å²) in [5, 5.41) is 6.76. The molecule has 2 N–H and O–H groups in total. The van der Waals surface area contributed by atoms with Gasteiger partial charge in [0.15, 0.2) is 0 Å². The zero-order valence-corrected chi connectivity index (χ0v) is 16.6. The molecule has 0 spiro atoms. The first kappa shape index (κ1) is 18.6. The van der Waals surface area contributed by atoms with Crippen molar-refractivity contribution >= 4 is 17.5 Å². The highest BCUT2D eigenvalue weighted by Gasteiger charge is 2.08. The van der Waals surface area contributed by atoms with Crippen molar-refractivity contribution in [1.82, 2.24) is 15.0 Å². The Morgan fingerprint density at radius 3 is 2.24 bits per heavy atom. The zero-order valence-electron chi connectivity index (χ0n) is 16.6. The molecule has 144 valence electrons. The molecule has 5 nitrogen and oxygen atoms in total. The van der Waals surface area contributed by atoms with Crippen LogP contribution >= 0.6 is 0 Å². The molecule has 0 unspecified atom stereocenters. The first-order valence-corrected chi connectivity index (χ1v) is 9.58. The Labute approximate surface area is 170 Å². The fourth-order valence-corrected chi connectivity index (χ4v) is 3.22. The molecular weight excluding hydrogens is 358 g/mol. The van der Waals surface area contributed by atoms with Crippen LogP contribution in [0.2, 0.25) is 0 Å². The van der Waals surface area contributed by atoms with Crippen molar-refractivity contribution in [3.05, 3.63) is 95.8 Å². The smallest absolute Gasteiger partial charge is 0.225 e. The maximum absolute atomic E-state index is 4.72. The number of nitrogens with zero attached hydrogens (tertiary/aromatic N) is 3. The van der Waals surface area contributed by atoms with Crippen LogP contribution in [0, 0.1) is 13.8 Å². The molecule has 0 aliphatic carbocycles. The number of nitrogens with one attached hydrogen (secondary N) is 2. The number of pyridine rings is 1. The SMILES string of the molecule is Cc1cc(C)cc(Nc2cc(-c3ccccc3)nc(NCc3ccncc3)n2)c1. The van der Waals surface area contributed by atoms with Crippen LogP contribution in [0.3, 0.4) is 0 Å². The van der Waals surface area contributed by atoms with Crippen molar-refractivity contribution in [3.63, 3.8) is 0 Å².